The fraction of sp³-hybridized carbons (Fsp3) is 0.556. The van der Waals surface area contributed by atoms with Crippen LogP contribution in [0.1, 0.15) is 34.5 Å². The number of H-pyrrole nitrogens is 1. The molecule has 4 rings (SSSR count). The van der Waals surface area contributed by atoms with Crippen molar-refractivity contribution in [2.75, 3.05) is 31.1 Å². The van der Waals surface area contributed by atoms with E-state index in [1.165, 1.54) is 23.3 Å². The third-order valence-corrected chi connectivity index (χ3v) is 5.94. The van der Waals surface area contributed by atoms with Crippen LogP contribution in [0.15, 0.2) is 16.2 Å². The molecule has 128 valence electrons. The molecule has 0 atom stereocenters. The summed E-state index contributed by atoms with van der Waals surface area (Å²) in [5, 5.41) is 2.24. The summed E-state index contributed by atoms with van der Waals surface area (Å²) in [4.78, 5) is 26.4. The molecule has 0 aromatic carbocycles. The molecule has 2 aromatic heterocycles. The molecule has 5 nitrogen and oxygen atoms in total. The summed E-state index contributed by atoms with van der Waals surface area (Å²) in [5.41, 5.74) is 3.34. The van der Waals surface area contributed by atoms with Crippen molar-refractivity contribution < 1.29 is 0 Å². The number of aryl methyl sites for hydroxylation is 1. The third kappa shape index (κ3) is 3.26. The molecule has 2 aromatic rings. The van der Waals surface area contributed by atoms with Crippen LogP contribution in [0.2, 0.25) is 0 Å². The molecule has 2 aliphatic heterocycles. The second-order valence-corrected chi connectivity index (χ2v) is 7.97. The number of fused-ring (bicyclic) bond motifs is 1. The van der Waals surface area contributed by atoms with Crippen LogP contribution in [-0.2, 0) is 19.4 Å². The number of nitrogens with zero attached hydrogens (tertiary/aromatic N) is 3. The minimum atomic E-state index is 0.0649. The van der Waals surface area contributed by atoms with Gasteiger partial charge in [-0.15, -0.1) is 11.3 Å². The van der Waals surface area contributed by atoms with E-state index in [4.69, 9.17) is 4.98 Å². The van der Waals surface area contributed by atoms with Crippen LogP contribution in [0.25, 0.3) is 0 Å². The Labute approximate surface area is 146 Å². The summed E-state index contributed by atoms with van der Waals surface area (Å²) < 4.78 is 0. The molecule has 0 radical (unpaired) electrons. The van der Waals surface area contributed by atoms with Gasteiger partial charge < -0.3 is 4.90 Å². The zero-order valence-corrected chi connectivity index (χ0v) is 15.0. The molecule has 0 aliphatic carbocycles. The highest BCUT2D eigenvalue weighted by atomic mass is 32.1. The molecule has 4 heterocycles. The van der Waals surface area contributed by atoms with E-state index in [0.717, 1.165) is 62.8 Å². The Morgan fingerprint density at radius 1 is 1.21 bits per heavy atom. The predicted molar refractivity (Wildman–Crippen MR) is 98.0 cm³/mol. The lowest BCUT2D eigenvalue weighted by molar-refractivity contribution is 0.279. The van der Waals surface area contributed by atoms with Crippen molar-refractivity contribution >= 4 is 17.3 Å². The number of rotatable bonds is 3. The molecule has 0 spiro atoms. The van der Waals surface area contributed by atoms with Crippen molar-refractivity contribution in [1.82, 2.24) is 14.9 Å². The average molecular weight is 344 g/mol. The largest absolute Gasteiger partial charge is 0.342 e. The molecule has 1 fully saturated rings. The highest BCUT2D eigenvalue weighted by Gasteiger charge is 2.21. The first kappa shape index (κ1) is 15.8. The fourth-order valence-corrected chi connectivity index (χ4v) is 4.42. The van der Waals surface area contributed by atoms with Gasteiger partial charge in [-0.1, -0.05) is 0 Å². The summed E-state index contributed by atoms with van der Waals surface area (Å²) in [5.74, 6) is 0.776. The minimum absolute atomic E-state index is 0.0649. The van der Waals surface area contributed by atoms with Crippen molar-refractivity contribution in [2.45, 2.75) is 39.2 Å². The normalized spacial score (nSPS) is 18.6. The van der Waals surface area contributed by atoms with Gasteiger partial charge in [0.15, 0.2) is 0 Å². The molecule has 6 heteroatoms. The van der Waals surface area contributed by atoms with Gasteiger partial charge in [0.25, 0.3) is 5.56 Å². The van der Waals surface area contributed by atoms with Gasteiger partial charge in [0, 0.05) is 49.6 Å². The Bertz CT molecular complexity index is 776. The molecule has 0 saturated carbocycles. The van der Waals surface area contributed by atoms with E-state index < -0.39 is 0 Å². The Morgan fingerprint density at radius 3 is 2.75 bits per heavy atom. The third-order valence-electron chi connectivity index (χ3n) is 5.03. The Hall–Kier alpha value is -1.66. The number of hydrogen-bond donors (Lipinski definition) is 1. The maximum Gasteiger partial charge on any atom is 0.255 e. The van der Waals surface area contributed by atoms with E-state index in [0.29, 0.717) is 0 Å². The lowest BCUT2D eigenvalue weighted by Gasteiger charge is -2.18. The van der Waals surface area contributed by atoms with Gasteiger partial charge >= 0.3 is 0 Å². The summed E-state index contributed by atoms with van der Waals surface area (Å²) in [7, 11) is 0. The quantitative estimate of drug-likeness (QED) is 0.929. The summed E-state index contributed by atoms with van der Waals surface area (Å²) >= 11 is 1.80. The Morgan fingerprint density at radius 2 is 2.00 bits per heavy atom. The fourth-order valence-electron chi connectivity index (χ4n) is 3.72. The molecule has 0 amide bonds. The monoisotopic (exact) mass is 344 g/mol. The lowest BCUT2D eigenvalue weighted by atomic mass is 10.1. The first-order valence-corrected chi connectivity index (χ1v) is 9.70. The van der Waals surface area contributed by atoms with Crippen LogP contribution in [0.3, 0.4) is 0 Å². The number of anilines is 1. The topological polar surface area (TPSA) is 52.2 Å². The highest BCUT2D eigenvalue weighted by molar-refractivity contribution is 7.10. The maximum atomic E-state index is 12.5. The van der Waals surface area contributed by atoms with E-state index in [1.807, 2.05) is 0 Å². The zero-order chi connectivity index (χ0) is 16.5. The zero-order valence-electron chi connectivity index (χ0n) is 14.2. The van der Waals surface area contributed by atoms with E-state index in [-0.39, 0.29) is 5.56 Å². The number of nitrogens with one attached hydrogen (secondary N) is 1. The van der Waals surface area contributed by atoms with Crippen LogP contribution in [0.4, 0.5) is 5.95 Å². The predicted octanol–water partition coefficient (Wildman–Crippen LogP) is 2.34. The maximum absolute atomic E-state index is 12.5. The van der Waals surface area contributed by atoms with E-state index in [1.54, 1.807) is 11.3 Å². The van der Waals surface area contributed by atoms with Crippen molar-refractivity contribution in [1.29, 1.82) is 0 Å². The first-order valence-electron chi connectivity index (χ1n) is 8.82. The highest BCUT2D eigenvalue weighted by Crippen LogP contribution is 2.20. The Balaban J connectivity index is 1.51. The number of aromatic nitrogens is 2. The van der Waals surface area contributed by atoms with Gasteiger partial charge in [-0.05, 0) is 43.2 Å². The second-order valence-electron chi connectivity index (χ2n) is 6.85. The molecule has 1 N–H and O–H groups in total. The summed E-state index contributed by atoms with van der Waals surface area (Å²) in [6, 6.07) is 2.26. The number of aromatic amines is 1. The minimum Gasteiger partial charge on any atom is -0.342 e. The van der Waals surface area contributed by atoms with Crippen molar-refractivity contribution in [3.63, 3.8) is 0 Å². The standard InChI is InChI=1S/C18H24N4OS/c1-13-10-14(12-24-13)11-21-8-4-15-16(5-9-21)19-18(20-17(15)23)22-6-2-3-7-22/h10,12H,2-9,11H2,1H3,(H,19,20,23). The first-order chi connectivity index (χ1) is 11.7. The Kier molecular flexibility index (Phi) is 4.41. The van der Waals surface area contributed by atoms with Crippen LogP contribution >= 0.6 is 11.3 Å². The van der Waals surface area contributed by atoms with Gasteiger partial charge in [0.1, 0.15) is 0 Å². The lowest BCUT2D eigenvalue weighted by Crippen LogP contribution is -2.27. The van der Waals surface area contributed by atoms with Gasteiger partial charge in [-0.2, -0.15) is 0 Å². The molecular formula is C18H24N4OS. The summed E-state index contributed by atoms with van der Waals surface area (Å²) in [6.07, 6.45) is 4.04. The van der Waals surface area contributed by atoms with Gasteiger partial charge in [-0.3, -0.25) is 14.7 Å². The smallest absolute Gasteiger partial charge is 0.255 e. The van der Waals surface area contributed by atoms with Crippen LogP contribution in [-0.4, -0.2) is 41.0 Å². The van der Waals surface area contributed by atoms with Gasteiger partial charge in [0.2, 0.25) is 5.95 Å². The molecule has 1 saturated heterocycles. The molecule has 0 unspecified atom stereocenters. The van der Waals surface area contributed by atoms with E-state index >= 15 is 0 Å². The van der Waals surface area contributed by atoms with E-state index in [9.17, 15) is 4.79 Å². The van der Waals surface area contributed by atoms with Crippen molar-refractivity contribution in [3.8, 4) is 0 Å². The second kappa shape index (κ2) is 6.69. The van der Waals surface area contributed by atoms with Gasteiger partial charge in [-0.25, -0.2) is 4.98 Å². The molecule has 0 bridgehead atoms. The van der Waals surface area contributed by atoms with Crippen LogP contribution in [0.5, 0.6) is 0 Å². The molecular weight excluding hydrogens is 320 g/mol. The van der Waals surface area contributed by atoms with Crippen molar-refractivity contribution in [2.24, 2.45) is 0 Å². The van der Waals surface area contributed by atoms with E-state index in [2.05, 4.69) is 33.2 Å². The van der Waals surface area contributed by atoms with Crippen LogP contribution in [0, 0.1) is 6.92 Å². The average Bonchev–Trinajstić information content (AvgIpc) is 3.18. The molecule has 24 heavy (non-hydrogen) atoms. The number of thiophene rings is 1. The number of hydrogen-bond acceptors (Lipinski definition) is 5. The van der Waals surface area contributed by atoms with Crippen LogP contribution < -0.4 is 10.5 Å². The SMILES string of the molecule is Cc1cc(CN2CCc3nc(N4CCCC4)[nH]c(=O)c3CC2)cs1. The van der Waals surface area contributed by atoms with Crippen molar-refractivity contribution in [3.05, 3.63) is 43.5 Å². The summed E-state index contributed by atoms with van der Waals surface area (Å²) in [6.45, 7) is 7.02. The van der Waals surface area contributed by atoms with Gasteiger partial charge in [0.05, 0.1) is 5.69 Å². The molecule has 2 aliphatic rings.